The lowest BCUT2D eigenvalue weighted by Gasteiger charge is -2.01. The van der Waals surface area contributed by atoms with Crippen LogP contribution in [-0.2, 0) is 0 Å². The van der Waals surface area contributed by atoms with Crippen molar-refractivity contribution in [2.75, 3.05) is 5.75 Å². The third-order valence-corrected chi connectivity index (χ3v) is 3.12. The first kappa shape index (κ1) is 11.0. The van der Waals surface area contributed by atoms with Crippen molar-refractivity contribution in [1.29, 1.82) is 0 Å². The molecule has 1 aromatic carbocycles. The highest BCUT2D eigenvalue weighted by atomic mass is 32.2. The van der Waals surface area contributed by atoms with Gasteiger partial charge in [-0.1, -0.05) is 19.1 Å². The average molecular weight is 232 g/mol. The number of aromatic amines is 1. The average Bonchev–Trinajstić information content (AvgIpc) is 2.78. The summed E-state index contributed by atoms with van der Waals surface area (Å²) in [7, 11) is 0. The van der Waals surface area contributed by atoms with Gasteiger partial charge in [0.15, 0.2) is 6.29 Å². The fraction of sp³-hybridized carbons (Fsp3) is 0.167. The van der Waals surface area contributed by atoms with Gasteiger partial charge in [-0.2, -0.15) is 0 Å². The van der Waals surface area contributed by atoms with Gasteiger partial charge in [-0.3, -0.25) is 4.79 Å². The van der Waals surface area contributed by atoms with E-state index in [4.69, 9.17) is 0 Å². The second-order valence-electron chi connectivity index (χ2n) is 3.24. The van der Waals surface area contributed by atoms with E-state index in [-0.39, 0.29) is 0 Å². The van der Waals surface area contributed by atoms with Crippen LogP contribution >= 0.6 is 11.8 Å². The predicted molar refractivity (Wildman–Crippen MR) is 65.8 cm³/mol. The summed E-state index contributed by atoms with van der Waals surface area (Å²) < 4.78 is 0. The van der Waals surface area contributed by atoms with Crippen molar-refractivity contribution in [1.82, 2.24) is 9.97 Å². The van der Waals surface area contributed by atoms with Gasteiger partial charge in [-0.15, -0.1) is 11.8 Å². The zero-order valence-corrected chi connectivity index (χ0v) is 9.75. The number of aromatic nitrogens is 2. The lowest BCUT2D eigenvalue weighted by Crippen LogP contribution is -1.85. The molecule has 0 spiro atoms. The Morgan fingerprint density at radius 2 is 2.12 bits per heavy atom. The molecule has 0 aliphatic rings. The van der Waals surface area contributed by atoms with Crippen molar-refractivity contribution in [3.63, 3.8) is 0 Å². The van der Waals surface area contributed by atoms with Crippen LogP contribution in [-0.4, -0.2) is 22.0 Å². The quantitative estimate of drug-likeness (QED) is 0.651. The van der Waals surface area contributed by atoms with E-state index < -0.39 is 0 Å². The van der Waals surface area contributed by atoms with Crippen LogP contribution in [0, 0.1) is 0 Å². The molecule has 0 bridgehead atoms. The van der Waals surface area contributed by atoms with Crippen LogP contribution in [0.2, 0.25) is 0 Å². The fourth-order valence-electron chi connectivity index (χ4n) is 1.50. The molecule has 0 saturated heterocycles. The van der Waals surface area contributed by atoms with Gasteiger partial charge in [-0.25, -0.2) is 4.98 Å². The predicted octanol–water partition coefficient (Wildman–Crippen LogP) is 3.00. The molecule has 0 aliphatic heterocycles. The zero-order valence-electron chi connectivity index (χ0n) is 8.93. The van der Waals surface area contributed by atoms with Gasteiger partial charge >= 0.3 is 0 Å². The topological polar surface area (TPSA) is 45.8 Å². The van der Waals surface area contributed by atoms with Crippen molar-refractivity contribution in [2.45, 2.75) is 11.8 Å². The molecule has 2 aromatic rings. The molecule has 0 fully saturated rings. The van der Waals surface area contributed by atoms with Crippen LogP contribution in [0.5, 0.6) is 0 Å². The molecule has 1 N–H and O–H groups in total. The minimum atomic E-state index is 0.524. The number of H-pyrrole nitrogens is 1. The Balaban J connectivity index is 2.31. The number of aldehydes is 1. The summed E-state index contributed by atoms with van der Waals surface area (Å²) in [6, 6.07) is 8.07. The summed E-state index contributed by atoms with van der Waals surface area (Å²) >= 11 is 1.79. The highest BCUT2D eigenvalue weighted by Gasteiger charge is 2.06. The van der Waals surface area contributed by atoms with Crippen LogP contribution in [0.1, 0.15) is 17.4 Å². The summed E-state index contributed by atoms with van der Waals surface area (Å²) in [5.74, 6) is 1.06. The van der Waals surface area contributed by atoms with E-state index in [2.05, 4.69) is 16.9 Å². The van der Waals surface area contributed by atoms with Gasteiger partial charge in [-0.05, 0) is 17.9 Å². The molecule has 0 saturated carbocycles. The summed E-state index contributed by atoms with van der Waals surface area (Å²) in [5, 5.41) is 0. The van der Waals surface area contributed by atoms with Gasteiger partial charge in [0.05, 0.1) is 12.0 Å². The van der Waals surface area contributed by atoms with Crippen molar-refractivity contribution >= 4 is 18.0 Å². The number of hydrogen-bond acceptors (Lipinski definition) is 3. The monoisotopic (exact) mass is 232 g/mol. The van der Waals surface area contributed by atoms with Crippen molar-refractivity contribution in [3.05, 3.63) is 36.3 Å². The van der Waals surface area contributed by atoms with Gasteiger partial charge in [0.25, 0.3) is 0 Å². The number of carbonyl (C=O) groups excluding carboxylic acids is 1. The Labute approximate surface area is 98.3 Å². The minimum Gasteiger partial charge on any atom is -0.342 e. The van der Waals surface area contributed by atoms with E-state index in [0.717, 1.165) is 17.6 Å². The Kier molecular flexibility index (Phi) is 3.41. The SMILES string of the molecule is CCSc1ccc(-c2nc[nH]c2C=O)cc1. The molecular weight excluding hydrogens is 220 g/mol. The molecule has 0 aliphatic carbocycles. The zero-order chi connectivity index (χ0) is 11.4. The van der Waals surface area contributed by atoms with Crippen LogP contribution in [0.4, 0.5) is 0 Å². The van der Waals surface area contributed by atoms with Crippen molar-refractivity contribution < 1.29 is 4.79 Å². The van der Waals surface area contributed by atoms with Gasteiger partial charge in [0.2, 0.25) is 0 Å². The van der Waals surface area contributed by atoms with Crippen LogP contribution < -0.4 is 0 Å². The number of imidazole rings is 1. The van der Waals surface area contributed by atoms with E-state index in [1.54, 1.807) is 11.8 Å². The molecule has 3 nitrogen and oxygen atoms in total. The van der Waals surface area contributed by atoms with Crippen LogP contribution in [0.25, 0.3) is 11.3 Å². The van der Waals surface area contributed by atoms with E-state index in [1.165, 1.54) is 11.2 Å². The van der Waals surface area contributed by atoms with Gasteiger partial charge in [0, 0.05) is 10.5 Å². The molecule has 82 valence electrons. The largest absolute Gasteiger partial charge is 0.342 e. The molecule has 1 aromatic heterocycles. The molecule has 0 radical (unpaired) electrons. The number of carbonyl (C=O) groups is 1. The maximum atomic E-state index is 10.8. The number of nitrogens with zero attached hydrogens (tertiary/aromatic N) is 1. The maximum Gasteiger partial charge on any atom is 0.168 e. The van der Waals surface area contributed by atoms with E-state index in [9.17, 15) is 4.79 Å². The normalized spacial score (nSPS) is 10.3. The van der Waals surface area contributed by atoms with E-state index in [0.29, 0.717) is 11.4 Å². The van der Waals surface area contributed by atoms with Gasteiger partial charge < -0.3 is 4.98 Å². The van der Waals surface area contributed by atoms with Crippen molar-refractivity contribution in [3.8, 4) is 11.3 Å². The number of hydrogen-bond donors (Lipinski definition) is 1. The highest BCUT2D eigenvalue weighted by Crippen LogP contribution is 2.23. The Bertz CT molecular complexity index is 476. The summed E-state index contributed by atoms with van der Waals surface area (Å²) in [6.07, 6.45) is 2.32. The fourth-order valence-corrected chi connectivity index (χ4v) is 2.16. The molecule has 0 unspecified atom stereocenters. The smallest absolute Gasteiger partial charge is 0.168 e. The lowest BCUT2D eigenvalue weighted by molar-refractivity contribution is 0.112. The molecule has 0 amide bonds. The molecule has 1 heterocycles. The second kappa shape index (κ2) is 4.99. The Morgan fingerprint density at radius 3 is 2.75 bits per heavy atom. The summed E-state index contributed by atoms with van der Waals surface area (Å²) in [6.45, 7) is 2.12. The molecular formula is C12H12N2OS. The number of rotatable bonds is 4. The number of nitrogens with one attached hydrogen (secondary N) is 1. The highest BCUT2D eigenvalue weighted by molar-refractivity contribution is 7.99. The molecule has 2 rings (SSSR count). The number of benzene rings is 1. The molecule has 4 heteroatoms. The standard InChI is InChI=1S/C12H12N2OS/c1-2-16-10-5-3-9(4-6-10)12-11(7-15)13-8-14-12/h3-8H,2H2,1H3,(H,13,14). The molecule has 16 heavy (non-hydrogen) atoms. The second-order valence-corrected chi connectivity index (χ2v) is 4.58. The first-order valence-corrected chi connectivity index (χ1v) is 6.05. The molecule has 0 atom stereocenters. The van der Waals surface area contributed by atoms with E-state index >= 15 is 0 Å². The van der Waals surface area contributed by atoms with Crippen LogP contribution in [0.3, 0.4) is 0 Å². The number of thioether (sulfide) groups is 1. The lowest BCUT2D eigenvalue weighted by atomic mass is 10.1. The first-order chi connectivity index (χ1) is 7.85. The van der Waals surface area contributed by atoms with Gasteiger partial charge in [0.1, 0.15) is 5.69 Å². The first-order valence-electron chi connectivity index (χ1n) is 5.07. The summed E-state index contributed by atoms with van der Waals surface area (Å²) in [4.78, 5) is 18.9. The summed E-state index contributed by atoms with van der Waals surface area (Å²) in [5.41, 5.74) is 2.20. The Hall–Kier alpha value is -1.55. The third-order valence-electron chi connectivity index (χ3n) is 2.23. The third kappa shape index (κ3) is 2.17. The van der Waals surface area contributed by atoms with E-state index in [1.807, 2.05) is 24.3 Å². The van der Waals surface area contributed by atoms with Crippen molar-refractivity contribution in [2.24, 2.45) is 0 Å². The maximum absolute atomic E-state index is 10.8. The van der Waals surface area contributed by atoms with Crippen LogP contribution in [0.15, 0.2) is 35.5 Å². The minimum absolute atomic E-state index is 0.524. The Morgan fingerprint density at radius 1 is 1.38 bits per heavy atom.